The number of aromatic nitrogens is 2. The summed E-state index contributed by atoms with van der Waals surface area (Å²) in [6.45, 7) is 4.35. The molecule has 0 saturated carbocycles. The van der Waals surface area contributed by atoms with Crippen molar-refractivity contribution in [3.8, 4) is 0 Å². The third-order valence-corrected chi connectivity index (χ3v) is 2.42. The molecule has 0 aliphatic heterocycles. The Morgan fingerprint density at radius 3 is 2.86 bits per heavy atom. The van der Waals surface area contributed by atoms with Crippen LogP contribution in [0.5, 0.6) is 0 Å². The summed E-state index contributed by atoms with van der Waals surface area (Å²) in [6.07, 6.45) is 0.963. The average Bonchev–Trinajstić information content (AvgIpc) is 2.47. The van der Waals surface area contributed by atoms with Crippen molar-refractivity contribution in [2.45, 2.75) is 20.3 Å². The van der Waals surface area contributed by atoms with E-state index in [1.165, 1.54) is 0 Å². The molecule has 1 N–H and O–H groups in total. The lowest BCUT2D eigenvalue weighted by Crippen LogP contribution is -1.95. The van der Waals surface area contributed by atoms with Gasteiger partial charge in [-0.2, -0.15) is 0 Å². The molecular formula is C11H13ClN2. The summed E-state index contributed by atoms with van der Waals surface area (Å²) in [4.78, 5) is 7.74. The van der Waals surface area contributed by atoms with Gasteiger partial charge >= 0.3 is 0 Å². The Hall–Kier alpha value is -1.02. The molecule has 3 heteroatoms. The van der Waals surface area contributed by atoms with E-state index in [2.05, 4.69) is 23.8 Å². The number of H-pyrrole nitrogens is 1. The van der Waals surface area contributed by atoms with Gasteiger partial charge in [0.1, 0.15) is 11.3 Å². The summed E-state index contributed by atoms with van der Waals surface area (Å²) in [6, 6.07) is 5.80. The Balaban J connectivity index is 2.46. The van der Waals surface area contributed by atoms with Crippen LogP contribution in [0.3, 0.4) is 0 Å². The highest BCUT2D eigenvalue weighted by Crippen LogP contribution is 2.21. The smallest absolute Gasteiger partial charge is 0.107 e. The van der Waals surface area contributed by atoms with Crippen molar-refractivity contribution in [2.75, 3.05) is 0 Å². The van der Waals surface area contributed by atoms with Crippen LogP contribution in [0.4, 0.5) is 0 Å². The van der Waals surface area contributed by atoms with E-state index in [0.717, 1.165) is 23.3 Å². The van der Waals surface area contributed by atoms with E-state index >= 15 is 0 Å². The van der Waals surface area contributed by atoms with Crippen LogP contribution in [0, 0.1) is 5.92 Å². The summed E-state index contributed by atoms with van der Waals surface area (Å²) in [5.41, 5.74) is 1.90. The molecule has 0 fully saturated rings. The Morgan fingerprint density at radius 1 is 1.43 bits per heavy atom. The number of para-hydroxylation sites is 1. The topological polar surface area (TPSA) is 28.7 Å². The average molecular weight is 209 g/mol. The highest BCUT2D eigenvalue weighted by molar-refractivity contribution is 6.34. The van der Waals surface area contributed by atoms with E-state index in [1.54, 1.807) is 0 Å². The summed E-state index contributed by atoms with van der Waals surface area (Å²) in [5, 5.41) is 0.716. The first-order valence-corrected chi connectivity index (χ1v) is 5.17. The minimum atomic E-state index is 0.606. The molecule has 0 atom stereocenters. The molecule has 0 bridgehead atoms. The van der Waals surface area contributed by atoms with E-state index < -0.39 is 0 Å². The molecule has 1 aromatic heterocycles. The highest BCUT2D eigenvalue weighted by atomic mass is 35.5. The number of nitrogens with zero attached hydrogens (tertiary/aromatic N) is 1. The molecule has 2 rings (SSSR count). The van der Waals surface area contributed by atoms with Gasteiger partial charge in [0.15, 0.2) is 0 Å². The summed E-state index contributed by atoms with van der Waals surface area (Å²) >= 11 is 6.02. The Bertz CT molecular complexity index is 445. The second kappa shape index (κ2) is 3.62. The van der Waals surface area contributed by atoms with Crippen molar-refractivity contribution in [2.24, 2.45) is 5.92 Å². The van der Waals surface area contributed by atoms with Gasteiger partial charge in [-0.1, -0.05) is 31.5 Å². The molecule has 0 amide bonds. The molecule has 0 aliphatic rings. The van der Waals surface area contributed by atoms with E-state index in [1.807, 2.05) is 18.2 Å². The molecule has 0 saturated heterocycles. The molecule has 2 aromatic rings. The van der Waals surface area contributed by atoms with Crippen LogP contribution < -0.4 is 0 Å². The largest absolute Gasteiger partial charge is 0.342 e. The lowest BCUT2D eigenvalue weighted by molar-refractivity contribution is 0.627. The minimum absolute atomic E-state index is 0.606. The van der Waals surface area contributed by atoms with Gasteiger partial charge in [-0.15, -0.1) is 0 Å². The first-order valence-electron chi connectivity index (χ1n) is 4.80. The van der Waals surface area contributed by atoms with Crippen molar-refractivity contribution in [1.82, 2.24) is 9.97 Å². The van der Waals surface area contributed by atoms with Gasteiger partial charge in [0.05, 0.1) is 10.5 Å². The van der Waals surface area contributed by atoms with Crippen molar-refractivity contribution in [3.05, 3.63) is 29.0 Å². The maximum absolute atomic E-state index is 6.02. The third-order valence-electron chi connectivity index (χ3n) is 2.11. The number of imidazole rings is 1. The Labute approximate surface area is 88.3 Å². The van der Waals surface area contributed by atoms with Crippen molar-refractivity contribution in [3.63, 3.8) is 0 Å². The molecule has 2 nitrogen and oxygen atoms in total. The van der Waals surface area contributed by atoms with Crippen molar-refractivity contribution < 1.29 is 0 Å². The number of benzene rings is 1. The van der Waals surface area contributed by atoms with Crippen LogP contribution in [0.25, 0.3) is 11.0 Å². The van der Waals surface area contributed by atoms with Crippen LogP contribution in [0.15, 0.2) is 18.2 Å². The second-order valence-corrected chi connectivity index (χ2v) is 4.32. The van der Waals surface area contributed by atoms with Crippen LogP contribution in [0.1, 0.15) is 19.7 Å². The van der Waals surface area contributed by atoms with E-state index in [9.17, 15) is 0 Å². The maximum atomic E-state index is 6.02. The lowest BCUT2D eigenvalue weighted by Gasteiger charge is -1.98. The van der Waals surface area contributed by atoms with Gasteiger partial charge in [-0.3, -0.25) is 0 Å². The second-order valence-electron chi connectivity index (χ2n) is 3.92. The zero-order valence-electron chi connectivity index (χ0n) is 8.34. The van der Waals surface area contributed by atoms with Gasteiger partial charge in [0.25, 0.3) is 0 Å². The van der Waals surface area contributed by atoms with Gasteiger partial charge in [-0.25, -0.2) is 4.98 Å². The summed E-state index contributed by atoms with van der Waals surface area (Å²) in [5.74, 6) is 1.62. The van der Waals surface area contributed by atoms with Crippen LogP contribution in [0.2, 0.25) is 5.02 Å². The van der Waals surface area contributed by atoms with E-state index in [-0.39, 0.29) is 0 Å². The van der Waals surface area contributed by atoms with Crippen molar-refractivity contribution in [1.29, 1.82) is 0 Å². The zero-order valence-corrected chi connectivity index (χ0v) is 9.10. The van der Waals surface area contributed by atoms with E-state index in [0.29, 0.717) is 10.9 Å². The fourth-order valence-electron chi connectivity index (χ4n) is 1.53. The lowest BCUT2D eigenvalue weighted by atomic mass is 10.1. The predicted molar refractivity (Wildman–Crippen MR) is 59.6 cm³/mol. The van der Waals surface area contributed by atoms with Crippen LogP contribution in [-0.2, 0) is 6.42 Å². The molecule has 0 radical (unpaired) electrons. The molecule has 0 unspecified atom stereocenters. The monoisotopic (exact) mass is 208 g/mol. The Morgan fingerprint density at radius 2 is 2.21 bits per heavy atom. The van der Waals surface area contributed by atoms with Gasteiger partial charge in [0.2, 0.25) is 0 Å². The number of rotatable bonds is 2. The molecule has 1 aromatic carbocycles. The molecule has 14 heavy (non-hydrogen) atoms. The number of fused-ring (bicyclic) bond motifs is 1. The number of nitrogens with one attached hydrogen (secondary N) is 1. The highest BCUT2D eigenvalue weighted by Gasteiger charge is 2.06. The van der Waals surface area contributed by atoms with Crippen molar-refractivity contribution >= 4 is 22.6 Å². The number of hydrogen-bond acceptors (Lipinski definition) is 1. The first-order chi connectivity index (χ1) is 6.66. The molecule has 0 spiro atoms. The minimum Gasteiger partial charge on any atom is -0.342 e. The molecule has 74 valence electrons. The Kier molecular flexibility index (Phi) is 2.46. The summed E-state index contributed by atoms with van der Waals surface area (Å²) < 4.78 is 0. The normalized spacial score (nSPS) is 11.4. The quantitative estimate of drug-likeness (QED) is 0.805. The third kappa shape index (κ3) is 1.75. The molecule has 1 heterocycles. The maximum Gasteiger partial charge on any atom is 0.107 e. The fraction of sp³-hybridized carbons (Fsp3) is 0.364. The molecule has 0 aliphatic carbocycles. The van der Waals surface area contributed by atoms with Gasteiger partial charge in [-0.05, 0) is 18.1 Å². The summed E-state index contributed by atoms with van der Waals surface area (Å²) in [7, 11) is 0. The van der Waals surface area contributed by atoms with Gasteiger partial charge < -0.3 is 4.98 Å². The zero-order chi connectivity index (χ0) is 10.1. The van der Waals surface area contributed by atoms with Gasteiger partial charge in [0, 0.05) is 6.42 Å². The number of hydrogen-bond donors (Lipinski definition) is 1. The standard InChI is InChI=1S/C11H13ClN2/c1-7(2)6-10-13-9-5-3-4-8(12)11(9)14-10/h3-5,7H,6H2,1-2H3,(H,13,14). The number of aromatic amines is 1. The van der Waals surface area contributed by atoms with Crippen LogP contribution in [-0.4, -0.2) is 9.97 Å². The van der Waals surface area contributed by atoms with Crippen LogP contribution >= 0.6 is 11.6 Å². The SMILES string of the molecule is CC(C)Cc1nc2c(Cl)cccc2[nH]1. The first kappa shape index (κ1) is 9.53. The fourth-order valence-corrected chi connectivity index (χ4v) is 1.75. The number of halogens is 1. The predicted octanol–water partition coefficient (Wildman–Crippen LogP) is 3.41. The van der Waals surface area contributed by atoms with E-state index in [4.69, 9.17) is 11.6 Å². The molecular weight excluding hydrogens is 196 g/mol.